The lowest BCUT2D eigenvalue weighted by molar-refractivity contribution is 0.266. The van der Waals surface area contributed by atoms with E-state index in [1.807, 2.05) is 13.0 Å². The van der Waals surface area contributed by atoms with Crippen molar-refractivity contribution in [1.29, 1.82) is 0 Å². The minimum atomic E-state index is -0.275. The molecule has 0 amide bonds. The SMILES string of the molecule is CC=C(Cn1nc(-c2ccc(F)c(C)c2)nc1-c1ccc(F)c(C)c1)OC. The van der Waals surface area contributed by atoms with E-state index in [9.17, 15) is 8.78 Å². The Labute approximate surface area is 157 Å². The number of ether oxygens (including phenoxy) is 1. The lowest BCUT2D eigenvalue weighted by Crippen LogP contribution is -2.07. The van der Waals surface area contributed by atoms with Crippen LogP contribution in [0.4, 0.5) is 8.78 Å². The van der Waals surface area contributed by atoms with E-state index in [2.05, 4.69) is 10.1 Å². The Hall–Kier alpha value is -3.02. The van der Waals surface area contributed by atoms with E-state index in [0.29, 0.717) is 34.9 Å². The summed E-state index contributed by atoms with van der Waals surface area (Å²) in [6.45, 7) is 5.66. The first-order valence-electron chi connectivity index (χ1n) is 8.60. The van der Waals surface area contributed by atoms with Gasteiger partial charge in [0.05, 0.1) is 7.11 Å². The van der Waals surface area contributed by atoms with Gasteiger partial charge in [-0.25, -0.2) is 18.4 Å². The van der Waals surface area contributed by atoms with Gasteiger partial charge in [0.2, 0.25) is 0 Å². The molecule has 27 heavy (non-hydrogen) atoms. The molecule has 0 saturated carbocycles. The summed E-state index contributed by atoms with van der Waals surface area (Å²) in [6.07, 6.45) is 1.85. The molecule has 1 heterocycles. The number of rotatable bonds is 5. The highest BCUT2D eigenvalue weighted by Gasteiger charge is 2.16. The van der Waals surface area contributed by atoms with Crippen LogP contribution >= 0.6 is 0 Å². The number of benzene rings is 2. The number of aryl methyl sites for hydroxylation is 2. The fourth-order valence-corrected chi connectivity index (χ4v) is 2.78. The molecule has 0 atom stereocenters. The van der Waals surface area contributed by atoms with Crippen LogP contribution < -0.4 is 0 Å². The van der Waals surface area contributed by atoms with Crippen LogP contribution in [0.2, 0.25) is 0 Å². The predicted molar refractivity (Wildman–Crippen MR) is 101 cm³/mol. The molecule has 0 bridgehead atoms. The molecule has 0 N–H and O–H groups in total. The molecular weight excluding hydrogens is 348 g/mol. The van der Waals surface area contributed by atoms with Crippen LogP contribution in [0.15, 0.2) is 48.2 Å². The number of methoxy groups -OCH3 is 1. The summed E-state index contributed by atoms with van der Waals surface area (Å²) in [6, 6.07) is 9.58. The second kappa shape index (κ2) is 7.70. The molecule has 0 fully saturated rings. The van der Waals surface area contributed by atoms with Crippen molar-refractivity contribution >= 4 is 0 Å². The monoisotopic (exact) mass is 369 g/mol. The Kier molecular flexibility index (Phi) is 5.35. The van der Waals surface area contributed by atoms with Crippen LogP contribution in [0.3, 0.4) is 0 Å². The fraction of sp³-hybridized carbons (Fsp3) is 0.238. The van der Waals surface area contributed by atoms with E-state index in [0.717, 1.165) is 11.3 Å². The van der Waals surface area contributed by atoms with Crippen LogP contribution in [-0.2, 0) is 11.3 Å². The Balaban J connectivity index is 2.13. The number of nitrogens with zero attached hydrogens (tertiary/aromatic N) is 3. The van der Waals surface area contributed by atoms with E-state index >= 15 is 0 Å². The van der Waals surface area contributed by atoms with Gasteiger partial charge in [0.1, 0.15) is 23.9 Å². The highest BCUT2D eigenvalue weighted by molar-refractivity contribution is 5.63. The molecule has 140 valence electrons. The predicted octanol–water partition coefficient (Wildman–Crippen LogP) is 5.06. The first kappa shape index (κ1) is 18.8. The Bertz CT molecular complexity index is 1010. The molecule has 6 heteroatoms. The maximum Gasteiger partial charge on any atom is 0.181 e. The standard InChI is InChI=1S/C21H21F2N3O/c1-5-17(27-4)12-26-21(16-7-9-19(23)14(3)11-16)24-20(25-26)15-6-8-18(22)13(2)10-15/h5-11H,12H2,1-4H3. The average Bonchev–Trinajstić information content (AvgIpc) is 3.08. The number of allylic oxidation sites excluding steroid dienone is 2. The molecule has 0 spiro atoms. The maximum atomic E-state index is 13.7. The van der Waals surface area contributed by atoms with E-state index < -0.39 is 0 Å². The maximum absolute atomic E-state index is 13.7. The highest BCUT2D eigenvalue weighted by Crippen LogP contribution is 2.26. The smallest absolute Gasteiger partial charge is 0.181 e. The first-order chi connectivity index (χ1) is 12.9. The summed E-state index contributed by atoms with van der Waals surface area (Å²) in [4.78, 5) is 4.64. The summed E-state index contributed by atoms with van der Waals surface area (Å²) in [7, 11) is 1.60. The van der Waals surface area contributed by atoms with Gasteiger partial charge in [-0.05, 0) is 74.4 Å². The molecule has 0 aliphatic heterocycles. The third-order valence-electron chi connectivity index (χ3n) is 4.39. The molecule has 0 saturated heterocycles. The molecule has 0 unspecified atom stereocenters. The van der Waals surface area contributed by atoms with Crippen LogP contribution in [0.25, 0.3) is 22.8 Å². The largest absolute Gasteiger partial charge is 0.499 e. The van der Waals surface area contributed by atoms with Crippen molar-refractivity contribution in [2.45, 2.75) is 27.3 Å². The van der Waals surface area contributed by atoms with Crippen LogP contribution in [0, 0.1) is 25.5 Å². The Morgan fingerprint density at radius 3 is 2.19 bits per heavy atom. The molecule has 3 rings (SSSR count). The summed E-state index contributed by atoms with van der Waals surface area (Å²) < 4.78 is 34.3. The van der Waals surface area contributed by atoms with Gasteiger partial charge in [-0.2, -0.15) is 0 Å². The molecule has 4 nitrogen and oxygen atoms in total. The van der Waals surface area contributed by atoms with Gasteiger partial charge in [-0.3, -0.25) is 0 Å². The minimum absolute atomic E-state index is 0.273. The Morgan fingerprint density at radius 1 is 1.04 bits per heavy atom. The van der Waals surface area contributed by atoms with Gasteiger partial charge in [-0.15, -0.1) is 5.10 Å². The molecule has 0 radical (unpaired) electrons. The van der Waals surface area contributed by atoms with Gasteiger partial charge in [0, 0.05) is 11.1 Å². The zero-order valence-corrected chi connectivity index (χ0v) is 15.8. The van der Waals surface area contributed by atoms with Gasteiger partial charge in [0.15, 0.2) is 11.6 Å². The highest BCUT2D eigenvalue weighted by atomic mass is 19.1. The summed E-state index contributed by atoms with van der Waals surface area (Å²) >= 11 is 0. The van der Waals surface area contributed by atoms with E-state index in [1.54, 1.807) is 49.9 Å². The van der Waals surface area contributed by atoms with E-state index in [-0.39, 0.29) is 11.6 Å². The van der Waals surface area contributed by atoms with E-state index in [1.165, 1.54) is 12.1 Å². The normalized spacial score (nSPS) is 11.7. The van der Waals surface area contributed by atoms with Crippen LogP contribution in [0.5, 0.6) is 0 Å². The van der Waals surface area contributed by atoms with Crippen molar-refractivity contribution in [3.8, 4) is 22.8 Å². The summed E-state index contributed by atoms with van der Waals surface area (Å²) in [5.41, 5.74) is 2.51. The molecule has 2 aromatic carbocycles. The average molecular weight is 369 g/mol. The lowest BCUT2D eigenvalue weighted by atomic mass is 10.1. The van der Waals surface area contributed by atoms with Gasteiger partial charge >= 0.3 is 0 Å². The minimum Gasteiger partial charge on any atom is -0.499 e. The van der Waals surface area contributed by atoms with Crippen LogP contribution in [0.1, 0.15) is 18.1 Å². The zero-order valence-electron chi connectivity index (χ0n) is 15.8. The summed E-state index contributed by atoms with van der Waals surface area (Å²) in [5, 5.41) is 4.58. The summed E-state index contributed by atoms with van der Waals surface area (Å²) in [5.74, 6) is 1.24. The van der Waals surface area contributed by atoms with Crippen molar-refractivity contribution in [3.63, 3.8) is 0 Å². The number of halogens is 2. The van der Waals surface area contributed by atoms with Crippen molar-refractivity contribution in [2.75, 3.05) is 7.11 Å². The van der Waals surface area contributed by atoms with Gasteiger partial charge in [-0.1, -0.05) is 0 Å². The quantitative estimate of drug-likeness (QED) is 0.591. The van der Waals surface area contributed by atoms with Crippen LogP contribution in [-0.4, -0.2) is 21.9 Å². The van der Waals surface area contributed by atoms with Crippen molar-refractivity contribution in [1.82, 2.24) is 14.8 Å². The van der Waals surface area contributed by atoms with Gasteiger partial charge in [0.25, 0.3) is 0 Å². The van der Waals surface area contributed by atoms with E-state index in [4.69, 9.17) is 4.74 Å². The molecule has 0 aliphatic rings. The first-order valence-corrected chi connectivity index (χ1v) is 8.60. The van der Waals surface area contributed by atoms with Gasteiger partial charge < -0.3 is 4.74 Å². The topological polar surface area (TPSA) is 39.9 Å². The molecular formula is C21H21F2N3O. The lowest BCUT2D eigenvalue weighted by Gasteiger charge is -2.09. The Morgan fingerprint density at radius 2 is 1.63 bits per heavy atom. The third kappa shape index (κ3) is 3.89. The van der Waals surface area contributed by atoms with Crippen molar-refractivity contribution in [3.05, 3.63) is 71.0 Å². The second-order valence-electron chi connectivity index (χ2n) is 6.30. The number of hydrogen-bond acceptors (Lipinski definition) is 3. The van der Waals surface area contributed by atoms with Crippen molar-refractivity contribution in [2.24, 2.45) is 0 Å². The fourth-order valence-electron chi connectivity index (χ4n) is 2.78. The van der Waals surface area contributed by atoms with Crippen molar-refractivity contribution < 1.29 is 13.5 Å². The second-order valence-corrected chi connectivity index (χ2v) is 6.30. The zero-order chi connectivity index (χ0) is 19.6. The molecule has 1 aromatic heterocycles. The third-order valence-corrected chi connectivity index (χ3v) is 4.39. The number of hydrogen-bond donors (Lipinski definition) is 0. The molecule has 0 aliphatic carbocycles. The molecule has 3 aromatic rings. The number of aromatic nitrogens is 3.